The molecule has 0 bridgehead atoms. The Balaban J connectivity index is 1.54. The van der Waals surface area contributed by atoms with Crippen LogP contribution in [0.3, 0.4) is 0 Å². The number of urea groups is 1. The lowest BCUT2D eigenvalue weighted by molar-refractivity contribution is -0.176. The first kappa shape index (κ1) is 25.0. The zero-order valence-corrected chi connectivity index (χ0v) is 19.5. The van der Waals surface area contributed by atoms with E-state index < -0.39 is 17.3 Å². The topological polar surface area (TPSA) is 96.7 Å². The molecule has 2 heterocycles. The van der Waals surface area contributed by atoms with Gasteiger partial charge < -0.3 is 20.0 Å². The van der Waals surface area contributed by atoms with Crippen LogP contribution in [0.1, 0.15) is 22.3 Å². The zero-order chi connectivity index (χ0) is 26.1. The molecule has 2 aromatic carbocycles. The summed E-state index contributed by atoms with van der Waals surface area (Å²) in [7, 11) is 1.46. The van der Waals surface area contributed by atoms with Gasteiger partial charge >= 0.3 is 12.2 Å². The molecule has 1 N–H and O–H groups in total. The highest BCUT2D eigenvalue weighted by atomic mass is 19.4. The van der Waals surface area contributed by atoms with Crippen LogP contribution in [0.2, 0.25) is 0 Å². The number of likely N-dealkylation sites (tertiary alicyclic amines) is 1. The van der Waals surface area contributed by atoms with Crippen LogP contribution in [-0.4, -0.2) is 71.3 Å². The van der Waals surface area contributed by atoms with Crippen LogP contribution in [-0.2, 0) is 28.7 Å². The minimum atomic E-state index is -4.48. The van der Waals surface area contributed by atoms with Crippen molar-refractivity contribution < 1.29 is 27.6 Å². The van der Waals surface area contributed by atoms with Crippen LogP contribution in [0.4, 0.5) is 18.0 Å². The van der Waals surface area contributed by atoms with E-state index >= 15 is 0 Å². The molecule has 0 saturated carbocycles. The largest absolute Gasteiger partial charge is 0.416 e. The lowest BCUT2D eigenvalue weighted by Crippen LogP contribution is -2.81. The van der Waals surface area contributed by atoms with Crippen molar-refractivity contribution >= 4 is 17.8 Å². The zero-order valence-electron chi connectivity index (χ0n) is 19.5. The first-order chi connectivity index (χ1) is 17.1. The molecule has 2 saturated heterocycles. The van der Waals surface area contributed by atoms with E-state index in [2.05, 4.69) is 5.32 Å². The number of benzene rings is 2. The quantitative estimate of drug-likeness (QED) is 0.683. The van der Waals surface area contributed by atoms with E-state index in [1.54, 1.807) is 24.3 Å². The van der Waals surface area contributed by atoms with Crippen molar-refractivity contribution in [3.8, 4) is 6.07 Å². The molecule has 4 amide bonds. The SMILES string of the molecule is CNC(=O)N1CC2(C1)C(=O)N(CCc1ccc(C#N)cc1)CC(=O)N2Cc1ccc(C(F)(F)F)cc1. The summed E-state index contributed by atoms with van der Waals surface area (Å²) < 4.78 is 38.8. The Hall–Kier alpha value is -4.07. The van der Waals surface area contributed by atoms with E-state index in [0.717, 1.165) is 17.7 Å². The predicted octanol–water partition coefficient (Wildman–Crippen LogP) is 2.38. The maximum absolute atomic E-state index is 13.6. The molecular weight excluding hydrogens is 475 g/mol. The number of nitriles is 1. The van der Waals surface area contributed by atoms with Gasteiger partial charge in [-0.1, -0.05) is 24.3 Å². The Kier molecular flexibility index (Phi) is 6.63. The summed E-state index contributed by atoms with van der Waals surface area (Å²) in [4.78, 5) is 43.2. The number of piperazine rings is 1. The van der Waals surface area contributed by atoms with Gasteiger partial charge in [-0.3, -0.25) is 9.59 Å². The molecule has 2 aliphatic heterocycles. The molecule has 0 aromatic heterocycles. The summed E-state index contributed by atoms with van der Waals surface area (Å²) in [5.41, 5.74) is -0.214. The number of carbonyl (C=O) groups excluding carboxylic acids is 3. The monoisotopic (exact) mass is 499 g/mol. The molecule has 188 valence electrons. The third kappa shape index (κ3) is 4.71. The fraction of sp³-hybridized carbons (Fsp3) is 0.360. The number of amides is 4. The van der Waals surface area contributed by atoms with Crippen molar-refractivity contribution in [1.82, 2.24) is 20.0 Å². The minimum Gasteiger partial charge on any atom is -0.341 e. The van der Waals surface area contributed by atoms with E-state index in [9.17, 15) is 27.6 Å². The highest BCUT2D eigenvalue weighted by molar-refractivity contribution is 6.00. The highest BCUT2D eigenvalue weighted by Crippen LogP contribution is 2.36. The van der Waals surface area contributed by atoms with Crippen LogP contribution < -0.4 is 5.32 Å². The second-order valence-electron chi connectivity index (χ2n) is 8.90. The number of nitrogens with one attached hydrogen (secondary N) is 1. The number of alkyl halides is 3. The van der Waals surface area contributed by atoms with Crippen LogP contribution >= 0.6 is 0 Å². The van der Waals surface area contributed by atoms with Crippen LogP contribution in [0.25, 0.3) is 0 Å². The number of hydrogen-bond donors (Lipinski definition) is 1. The standard InChI is InChI=1S/C25H24F3N5O3/c1-30-23(36)32-15-24(16-32)22(35)31(11-10-17-2-4-18(12-29)5-3-17)14-21(34)33(24)13-19-6-8-20(9-7-19)25(26,27)28/h2-9H,10-11,13-16H2,1H3,(H,30,36). The van der Waals surface area contributed by atoms with E-state index in [0.29, 0.717) is 17.5 Å². The van der Waals surface area contributed by atoms with Crippen LogP contribution in [0.15, 0.2) is 48.5 Å². The number of rotatable bonds is 5. The molecule has 0 aliphatic carbocycles. The summed E-state index contributed by atoms with van der Waals surface area (Å²) in [5.74, 6) is -0.645. The number of halogens is 3. The summed E-state index contributed by atoms with van der Waals surface area (Å²) in [6, 6.07) is 13.1. The van der Waals surface area contributed by atoms with E-state index in [-0.39, 0.29) is 50.6 Å². The molecule has 11 heteroatoms. The molecule has 2 fully saturated rings. The second kappa shape index (κ2) is 9.53. The smallest absolute Gasteiger partial charge is 0.341 e. The van der Waals surface area contributed by atoms with Gasteiger partial charge in [0.2, 0.25) is 5.91 Å². The van der Waals surface area contributed by atoms with E-state index in [1.165, 1.54) is 33.9 Å². The minimum absolute atomic E-state index is 0.00868. The average Bonchev–Trinajstić information content (AvgIpc) is 2.84. The van der Waals surface area contributed by atoms with Gasteiger partial charge in [0.1, 0.15) is 0 Å². The summed E-state index contributed by atoms with van der Waals surface area (Å²) in [6.45, 7) is 0.0358. The number of carbonyl (C=O) groups is 3. The molecule has 0 atom stereocenters. The fourth-order valence-electron chi connectivity index (χ4n) is 4.57. The van der Waals surface area contributed by atoms with Gasteiger partial charge in [-0.25, -0.2) is 4.79 Å². The van der Waals surface area contributed by atoms with E-state index in [4.69, 9.17) is 5.26 Å². The maximum Gasteiger partial charge on any atom is 0.416 e. The Morgan fingerprint density at radius 2 is 1.67 bits per heavy atom. The molecule has 1 spiro atoms. The molecule has 4 rings (SSSR count). The van der Waals surface area contributed by atoms with Gasteiger partial charge in [0, 0.05) is 20.1 Å². The lowest BCUT2D eigenvalue weighted by Gasteiger charge is -2.57. The summed E-state index contributed by atoms with van der Waals surface area (Å²) in [5, 5.41) is 11.4. The summed E-state index contributed by atoms with van der Waals surface area (Å²) >= 11 is 0. The van der Waals surface area contributed by atoms with Crippen molar-refractivity contribution in [2.24, 2.45) is 0 Å². The van der Waals surface area contributed by atoms with Gasteiger partial charge in [0.25, 0.3) is 5.91 Å². The lowest BCUT2D eigenvalue weighted by atomic mass is 9.83. The average molecular weight is 499 g/mol. The van der Waals surface area contributed by atoms with Crippen molar-refractivity contribution in [1.29, 1.82) is 5.26 Å². The maximum atomic E-state index is 13.6. The Morgan fingerprint density at radius 1 is 1.06 bits per heavy atom. The molecule has 0 radical (unpaired) electrons. The van der Waals surface area contributed by atoms with Crippen molar-refractivity contribution in [2.75, 3.05) is 33.2 Å². The van der Waals surface area contributed by atoms with Gasteiger partial charge in [-0.15, -0.1) is 0 Å². The predicted molar refractivity (Wildman–Crippen MR) is 122 cm³/mol. The molecule has 8 nitrogen and oxygen atoms in total. The normalized spacial score (nSPS) is 17.1. The highest BCUT2D eigenvalue weighted by Gasteiger charge is 2.60. The summed E-state index contributed by atoms with van der Waals surface area (Å²) in [6.07, 6.45) is -4.01. The Morgan fingerprint density at radius 3 is 2.22 bits per heavy atom. The first-order valence-corrected chi connectivity index (χ1v) is 11.3. The van der Waals surface area contributed by atoms with Gasteiger partial charge in [-0.2, -0.15) is 18.4 Å². The first-order valence-electron chi connectivity index (χ1n) is 11.3. The van der Waals surface area contributed by atoms with Crippen LogP contribution in [0, 0.1) is 11.3 Å². The van der Waals surface area contributed by atoms with Gasteiger partial charge in [0.15, 0.2) is 5.54 Å². The van der Waals surface area contributed by atoms with Crippen molar-refractivity contribution in [3.05, 3.63) is 70.8 Å². The van der Waals surface area contributed by atoms with Crippen LogP contribution in [0.5, 0.6) is 0 Å². The molecule has 36 heavy (non-hydrogen) atoms. The molecule has 2 aliphatic rings. The molecular formula is C25H24F3N5O3. The Labute approximate surface area is 205 Å². The third-order valence-corrected chi connectivity index (χ3v) is 6.61. The van der Waals surface area contributed by atoms with E-state index in [1.807, 2.05) is 6.07 Å². The van der Waals surface area contributed by atoms with Gasteiger partial charge in [-0.05, 0) is 41.8 Å². The molecule has 0 unspecified atom stereocenters. The van der Waals surface area contributed by atoms with Crippen molar-refractivity contribution in [3.63, 3.8) is 0 Å². The number of hydrogen-bond acceptors (Lipinski definition) is 4. The van der Waals surface area contributed by atoms with Gasteiger partial charge in [0.05, 0.1) is 36.8 Å². The van der Waals surface area contributed by atoms with Crippen molar-refractivity contribution in [2.45, 2.75) is 24.7 Å². The number of nitrogens with zero attached hydrogens (tertiary/aromatic N) is 4. The second-order valence-corrected chi connectivity index (χ2v) is 8.90. The molecule has 2 aromatic rings. The Bertz CT molecular complexity index is 1200. The fourth-order valence-corrected chi connectivity index (χ4v) is 4.57. The third-order valence-electron chi connectivity index (χ3n) is 6.61.